The van der Waals surface area contributed by atoms with Crippen LogP contribution in [0.25, 0.3) is 0 Å². The highest BCUT2D eigenvalue weighted by Crippen LogP contribution is 2.16. The van der Waals surface area contributed by atoms with Crippen LogP contribution in [0.4, 0.5) is 0 Å². The van der Waals surface area contributed by atoms with Crippen molar-refractivity contribution in [3.63, 3.8) is 0 Å². The fourth-order valence-electron chi connectivity index (χ4n) is 3.33. The molecule has 0 bridgehead atoms. The summed E-state index contributed by atoms with van der Waals surface area (Å²) in [6.45, 7) is 9.87. The smallest absolute Gasteiger partial charge is 0.0702 e. The molecule has 4 heteroatoms. The molecule has 2 N–H and O–H groups in total. The Balaban J connectivity index is 1.69. The second-order valence-electron chi connectivity index (χ2n) is 6.00. The van der Waals surface area contributed by atoms with Crippen LogP contribution in [-0.4, -0.2) is 67.8 Å². The Labute approximate surface area is 118 Å². The molecule has 2 saturated heterocycles. The summed E-state index contributed by atoms with van der Waals surface area (Å²) in [5, 5.41) is 0. The molecular formula is C15H31N3O. The fourth-order valence-corrected chi connectivity index (χ4v) is 3.33. The average Bonchev–Trinajstić information content (AvgIpc) is 2.47. The van der Waals surface area contributed by atoms with Gasteiger partial charge in [0.25, 0.3) is 0 Å². The van der Waals surface area contributed by atoms with Crippen molar-refractivity contribution in [3.8, 4) is 0 Å². The van der Waals surface area contributed by atoms with Gasteiger partial charge in [0.1, 0.15) is 0 Å². The third-order valence-corrected chi connectivity index (χ3v) is 4.55. The topological polar surface area (TPSA) is 41.7 Å². The Morgan fingerprint density at radius 1 is 1.21 bits per heavy atom. The maximum absolute atomic E-state index is 5.90. The zero-order chi connectivity index (χ0) is 13.5. The van der Waals surface area contributed by atoms with Gasteiger partial charge >= 0.3 is 0 Å². The lowest BCUT2D eigenvalue weighted by atomic mass is 10.1. The highest BCUT2D eigenvalue weighted by molar-refractivity contribution is 4.80. The minimum atomic E-state index is 0.487. The van der Waals surface area contributed by atoms with Gasteiger partial charge < -0.3 is 10.5 Å². The summed E-state index contributed by atoms with van der Waals surface area (Å²) in [5.41, 5.74) is 5.90. The molecule has 0 aromatic heterocycles. The van der Waals surface area contributed by atoms with Crippen LogP contribution in [0.2, 0.25) is 0 Å². The second kappa shape index (κ2) is 8.20. The first-order chi connectivity index (χ1) is 9.33. The molecule has 19 heavy (non-hydrogen) atoms. The van der Waals surface area contributed by atoms with Crippen molar-refractivity contribution < 1.29 is 4.74 Å². The second-order valence-corrected chi connectivity index (χ2v) is 6.00. The lowest BCUT2D eigenvalue weighted by molar-refractivity contribution is -0.0170. The zero-order valence-corrected chi connectivity index (χ0v) is 12.5. The van der Waals surface area contributed by atoms with E-state index in [0.717, 1.165) is 19.7 Å². The van der Waals surface area contributed by atoms with Crippen LogP contribution >= 0.6 is 0 Å². The van der Waals surface area contributed by atoms with Gasteiger partial charge in [-0.15, -0.1) is 0 Å². The van der Waals surface area contributed by atoms with E-state index in [9.17, 15) is 0 Å². The average molecular weight is 269 g/mol. The Morgan fingerprint density at radius 3 is 2.58 bits per heavy atom. The zero-order valence-electron chi connectivity index (χ0n) is 12.5. The minimum absolute atomic E-state index is 0.487. The maximum Gasteiger partial charge on any atom is 0.0702 e. The molecule has 0 radical (unpaired) electrons. The van der Waals surface area contributed by atoms with Gasteiger partial charge in [-0.2, -0.15) is 0 Å². The summed E-state index contributed by atoms with van der Waals surface area (Å²) in [4.78, 5) is 5.16. The summed E-state index contributed by atoms with van der Waals surface area (Å²) < 4.78 is 5.84. The van der Waals surface area contributed by atoms with Crippen LogP contribution in [0.1, 0.15) is 39.0 Å². The third-order valence-electron chi connectivity index (χ3n) is 4.55. The number of ether oxygens (including phenoxy) is 1. The number of hydrogen-bond donors (Lipinski definition) is 1. The van der Waals surface area contributed by atoms with Crippen LogP contribution in [0.3, 0.4) is 0 Å². The lowest BCUT2D eigenvalue weighted by Crippen LogP contribution is -2.53. The summed E-state index contributed by atoms with van der Waals surface area (Å²) >= 11 is 0. The Hall–Kier alpha value is -0.160. The molecule has 2 aliphatic rings. The molecular weight excluding hydrogens is 238 g/mol. The van der Waals surface area contributed by atoms with E-state index in [1.165, 1.54) is 58.3 Å². The molecule has 0 saturated carbocycles. The molecule has 2 atom stereocenters. The molecule has 0 aliphatic carbocycles. The lowest BCUT2D eigenvalue weighted by Gasteiger charge is -2.40. The first kappa shape index (κ1) is 15.2. The number of hydrogen-bond acceptors (Lipinski definition) is 4. The summed E-state index contributed by atoms with van der Waals surface area (Å²) in [5.74, 6) is 0. The molecule has 2 unspecified atom stereocenters. The van der Waals surface area contributed by atoms with Crippen molar-refractivity contribution in [3.05, 3.63) is 0 Å². The minimum Gasteiger partial charge on any atom is -0.377 e. The highest BCUT2D eigenvalue weighted by Gasteiger charge is 2.24. The monoisotopic (exact) mass is 269 g/mol. The van der Waals surface area contributed by atoms with Crippen molar-refractivity contribution in [1.29, 1.82) is 0 Å². The van der Waals surface area contributed by atoms with E-state index in [1.54, 1.807) is 0 Å². The van der Waals surface area contributed by atoms with Gasteiger partial charge in [0.15, 0.2) is 0 Å². The summed E-state index contributed by atoms with van der Waals surface area (Å²) in [6.07, 6.45) is 6.80. The molecule has 2 rings (SSSR count). The van der Waals surface area contributed by atoms with Crippen LogP contribution in [0.15, 0.2) is 0 Å². The SMILES string of the molecule is CCCC(CN)N1CCN(CC2CCCCO2)CC1. The Morgan fingerprint density at radius 2 is 2.00 bits per heavy atom. The fraction of sp³-hybridized carbons (Fsp3) is 1.00. The molecule has 0 spiro atoms. The van der Waals surface area contributed by atoms with E-state index in [4.69, 9.17) is 10.5 Å². The predicted octanol–water partition coefficient (Wildman–Crippen LogP) is 1.30. The van der Waals surface area contributed by atoms with Crippen molar-refractivity contribution in [1.82, 2.24) is 9.80 Å². The Bertz CT molecular complexity index is 236. The molecule has 112 valence electrons. The molecule has 2 aliphatic heterocycles. The van der Waals surface area contributed by atoms with Crippen molar-refractivity contribution in [2.24, 2.45) is 5.73 Å². The molecule has 0 amide bonds. The van der Waals surface area contributed by atoms with Gasteiger partial charge in [0.05, 0.1) is 6.10 Å². The summed E-state index contributed by atoms with van der Waals surface area (Å²) in [6, 6.07) is 0.595. The first-order valence-electron chi connectivity index (χ1n) is 8.11. The standard InChI is InChI=1S/C15H31N3O/c1-2-5-14(12-16)18-9-7-17(8-10-18)13-15-6-3-4-11-19-15/h14-15H,2-13,16H2,1H3. The van der Waals surface area contributed by atoms with Crippen molar-refractivity contribution in [2.75, 3.05) is 45.9 Å². The molecule has 0 aromatic carbocycles. The van der Waals surface area contributed by atoms with Crippen molar-refractivity contribution in [2.45, 2.75) is 51.2 Å². The van der Waals surface area contributed by atoms with E-state index in [2.05, 4.69) is 16.7 Å². The van der Waals surface area contributed by atoms with E-state index in [0.29, 0.717) is 12.1 Å². The van der Waals surface area contributed by atoms with E-state index < -0.39 is 0 Å². The van der Waals surface area contributed by atoms with Crippen molar-refractivity contribution >= 4 is 0 Å². The van der Waals surface area contributed by atoms with E-state index >= 15 is 0 Å². The van der Waals surface area contributed by atoms with Crippen LogP contribution in [-0.2, 0) is 4.74 Å². The molecule has 2 fully saturated rings. The highest BCUT2D eigenvalue weighted by atomic mass is 16.5. The third kappa shape index (κ3) is 4.71. The van der Waals surface area contributed by atoms with E-state index in [-0.39, 0.29) is 0 Å². The quantitative estimate of drug-likeness (QED) is 0.789. The normalized spacial score (nSPS) is 28.4. The number of rotatable bonds is 6. The van der Waals surface area contributed by atoms with Crippen LogP contribution < -0.4 is 5.73 Å². The summed E-state index contributed by atoms with van der Waals surface area (Å²) in [7, 11) is 0. The predicted molar refractivity (Wildman–Crippen MR) is 79.4 cm³/mol. The molecule has 4 nitrogen and oxygen atoms in total. The van der Waals surface area contributed by atoms with Gasteiger partial charge in [-0.1, -0.05) is 13.3 Å². The number of nitrogens with two attached hydrogens (primary N) is 1. The number of piperazine rings is 1. The number of nitrogens with zero attached hydrogens (tertiary/aromatic N) is 2. The van der Waals surface area contributed by atoms with Crippen LogP contribution in [0.5, 0.6) is 0 Å². The Kier molecular flexibility index (Phi) is 6.57. The van der Waals surface area contributed by atoms with E-state index in [1.807, 2.05) is 0 Å². The first-order valence-corrected chi connectivity index (χ1v) is 8.11. The van der Waals surface area contributed by atoms with Gasteiger partial charge in [-0.05, 0) is 25.7 Å². The van der Waals surface area contributed by atoms with Crippen LogP contribution in [0, 0.1) is 0 Å². The molecule has 2 heterocycles. The van der Waals surface area contributed by atoms with Gasteiger partial charge in [0.2, 0.25) is 0 Å². The largest absolute Gasteiger partial charge is 0.377 e. The van der Waals surface area contributed by atoms with Gasteiger partial charge in [-0.3, -0.25) is 9.80 Å². The van der Waals surface area contributed by atoms with Gasteiger partial charge in [-0.25, -0.2) is 0 Å². The van der Waals surface area contributed by atoms with Gasteiger partial charge in [0, 0.05) is 51.9 Å². The maximum atomic E-state index is 5.90. The molecule has 0 aromatic rings.